The lowest BCUT2D eigenvalue weighted by Crippen LogP contribution is -2.36. The van der Waals surface area contributed by atoms with Gasteiger partial charge in [-0.25, -0.2) is 0 Å². The van der Waals surface area contributed by atoms with Crippen molar-refractivity contribution in [1.29, 1.82) is 0 Å². The third kappa shape index (κ3) is 11.1. The summed E-state index contributed by atoms with van der Waals surface area (Å²) in [7, 11) is 0. The normalized spacial score (nSPS) is 11.5. The van der Waals surface area contributed by atoms with E-state index in [-0.39, 0.29) is 19.0 Å². The highest BCUT2D eigenvalue weighted by Crippen LogP contribution is 2.14. The van der Waals surface area contributed by atoms with Gasteiger partial charge in [0, 0.05) is 13.1 Å². The molecule has 0 aromatic heterocycles. The van der Waals surface area contributed by atoms with E-state index in [0.717, 1.165) is 6.42 Å². The van der Waals surface area contributed by atoms with E-state index in [9.17, 15) is 18.0 Å². The minimum Gasteiger partial charge on any atom is -0.355 e. The van der Waals surface area contributed by atoms with E-state index in [1.165, 1.54) is 0 Å². The van der Waals surface area contributed by atoms with E-state index in [2.05, 4.69) is 15.4 Å². The molecule has 0 spiro atoms. The highest BCUT2D eigenvalue weighted by molar-refractivity contribution is 5.77. The third-order valence-electron chi connectivity index (χ3n) is 1.40. The molecule has 0 aromatic rings. The Morgan fingerprint density at radius 1 is 1.33 bits per heavy atom. The zero-order valence-electron chi connectivity index (χ0n) is 8.49. The lowest BCUT2D eigenvalue weighted by Gasteiger charge is -2.08. The first-order valence-electron chi connectivity index (χ1n) is 4.64. The van der Waals surface area contributed by atoms with Crippen molar-refractivity contribution in [3.8, 4) is 0 Å². The summed E-state index contributed by atoms with van der Waals surface area (Å²) < 4.78 is 37.9. The summed E-state index contributed by atoms with van der Waals surface area (Å²) in [6.07, 6.45) is -3.78. The van der Waals surface area contributed by atoms with Gasteiger partial charge in [-0.3, -0.25) is 9.53 Å². The minimum atomic E-state index is -4.61. The van der Waals surface area contributed by atoms with Crippen molar-refractivity contribution in [2.24, 2.45) is 0 Å². The minimum absolute atomic E-state index is 0.00121. The Kier molecular flexibility index (Phi) is 7.06. The number of hydrogen-bond acceptors (Lipinski definition) is 3. The molecule has 15 heavy (non-hydrogen) atoms. The van der Waals surface area contributed by atoms with Gasteiger partial charge in [-0.1, -0.05) is 6.92 Å². The highest BCUT2D eigenvalue weighted by atomic mass is 19.4. The van der Waals surface area contributed by atoms with Crippen LogP contribution in [-0.2, 0) is 9.53 Å². The summed E-state index contributed by atoms with van der Waals surface area (Å²) in [6, 6.07) is 0. The largest absolute Gasteiger partial charge is 0.522 e. The maximum absolute atomic E-state index is 11.5. The molecule has 0 heterocycles. The van der Waals surface area contributed by atoms with Crippen LogP contribution in [0.1, 0.15) is 13.3 Å². The summed E-state index contributed by atoms with van der Waals surface area (Å²) in [6.45, 7) is 1.97. The first-order chi connectivity index (χ1) is 6.95. The maximum atomic E-state index is 11.5. The fraction of sp³-hybridized carbons (Fsp3) is 0.875. The lowest BCUT2D eigenvalue weighted by atomic mass is 10.4. The Labute approximate surface area is 86.2 Å². The number of halogens is 3. The Morgan fingerprint density at radius 2 is 2.00 bits per heavy atom. The third-order valence-corrected chi connectivity index (χ3v) is 1.40. The molecule has 0 rings (SSSR count). The highest BCUT2D eigenvalue weighted by Gasteiger charge is 2.28. The first-order valence-corrected chi connectivity index (χ1v) is 4.64. The molecule has 0 aliphatic carbocycles. The molecular formula is C8H15F3N2O2. The number of hydrogen-bond donors (Lipinski definition) is 2. The Morgan fingerprint density at radius 3 is 2.53 bits per heavy atom. The van der Waals surface area contributed by atoms with Gasteiger partial charge in [-0.15, -0.1) is 13.2 Å². The van der Waals surface area contributed by atoms with E-state index < -0.39 is 13.0 Å². The SMILES string of the molecule is CCCNC(=O)CNCCOC(F)(F)F. The molecular weight excluding hydrogens is 213 g/mol. The molecule has 0 aliphatic rings. The van der Waals surface area contributed by atoms with Crippen LogP contribution in [0.15, 0.2) is 0 Å². The van der Waals surface area contributed by atoms with Gasteiger partial charge in [-0.05, 0) is 6.42 Å². The van der Waals surface area contributed by atoms with Crippen LogP contribution in [0, 0.1) is 0 Å². The van der Waals surface area contributed by atoms with E-state index >= 15 is 0 Å². The van der Waals surface area contributed by atoms with Gasteiger partial charge in [0.2, 0.25) is 5.91 Å². The van der Waals surface area contributed by atoms with Crippen molar-refractivity contribution in [3.63, 3.8) is 0 Å². The molecule has 0 fully saturated rings. The first kappa shape index (κ1) is 14.2. The molecule has 0 atom stereocenters. The number of carbonyl (C=O) groups excluding carboxylic acids is 1. The zero-order valence-corrected chi connectivity index (χ0v) is 8.49. The van der Waals surface area contributed by atoms with Crippen LogP contribution in [0.3, 0.4) is 0 Å². The van der Waals surface area contributed by atoms with E-state index in [1.54, 1.807) is 0 Å². The fourth-order valence-electron chi connectivity index (χ4n) is 0.768. The molecule has 4 nitrogen and oxygen atoms in total. The van der Waals surface area contributed by atoms with Crippen molar-refractivity contribution in [2.45, 2.75) is 19.7 Å². The summed E-state index contributed by atoms with van der Waals surface area (Å²) >= 11 is 0. The van der Waals surface area contributed by atoms with E-state index in [0.29, 0.717) is 6.54 Å². The standard InChI is InChI=1S/C8H15F3N2O2/c1-2-3-13-7(14)6-12-4-5-15-8(9,10)11/h12H,2-6H2,1H3,(H,13,14). The van der Waals surface area contributed by atoms with Crippen LogP contribution in [0.5, 0.6) is 0 Å². The molecule has 0 aliphatic heterocycles. The second-order valence-corrected chi connectivity index (χ2v) is 2.82. The number of amides is 1. The molecule has 0 saturated heterocycles. The molecule has 0 aromatic carbocycles. The summed E-state index contributed by atoms with van der Waals surface area (Å²) in [5, 5.41) is 5.10. The number of alkyl halides is 3. The summed E-state index contributed by atoms with van der Waals surface area (Å²) in [5.41, 5.74) is 0. The second-order valence-electron chi connectivity index (χ2n) is 2.82. The van der Waals surface area contributed by atoms with E-state index in [1.807, 2.05) is 6.92 Å². The summed E-state index contributed by atoms with van der Waals surface area (Å²) in [4.78, 5) is 10.9. The molecule has 0 saturated carbocycles. The van der Waals surface area contributed by atoms with Crippen LogP contribution in [0.25, 0.3) is 0 Å². The second kappa shape index (κ2) is 7.47. The van der Waals surface area contributed by atoms with Crippen LogP contribution in [0.4, 0.5) is 13.2 Å². The van der Waals surface area contributed by atoms with Gasteiger partial charge >= 0.3 is 6.36 Å². The van der Waals surface area contributed by atoms with Gasteiger partial charge in [0.1, 0.15) is 0 Å². The van der Waals surface area contributed by atoms with Crippen molar-refractivity contribution < 1.29 is 22.7 Å². The topological polar surface area (TPSA) is 50.4 Å². The van der Waals surface area contributed by atoms with Crippen LogP contribution < -0.4 is 10.6 Å². The van der Waals surface area contributed by atoms with Gasteiger partial charge in [0.15, 0.2) is 0 Å². The molecule has 2 N–H and O–H groups in total. The maximum Gasteiger partial charge on any atom is 0.522 e. The molecule has 7 heteroatoms. The van der Waals surface area contributed by atoms with Gasteiger partial charge < -0.3 is 10.6 Å². The Bertz CT molecular complexity index is 185. The van der Waals surface area contributed by atoms with Crippen molar-refractivity contribution in [3.05, 3.63) is 0 Å². The predicted octanol–water partition coefficient (Wildman–Crippen LogP) is 0.639. The molecule has 1 amide bonds. The molecule has 0 unspecified atom stereocenters. The van der Waals surface area contributed by atoms with Gasteiger partial charge in [-0.2, -0.15) is 0 Å². The average Bonchev–Trinajstić information content (AvgIpc) is 2.12. The summed E-state index contributed by atoms with van der Waals surface area (Å²) in [5.74, 6) is -0.233. The van der Waals surface area contributed by atoms with Crippen LogP contribution >= 0.6 is 0 Å². The smallest absolute Gasteiger partial charge is 0.355 e. The van der Waals surface area contributed by atoms with Gasteiger partial charge in [0.25, 0.3) is 0 Å². The molecule has 0 bridgehead atoms. The van der Waals surface area contributed by atoms with Gasteiger partial charge in [0.05, 0.1) is 13.2 Å². The van der Waals surface area contributed by atoms with Crippen molar-refractivity contribution in [2.75, 3.05) is 26.2 Å². The Hall–Kier alpha value is -0.820. The molecule has 0 radical (unpaired) electrons. The van der Waals surface area contributed by atoms with Crippen LogP contribution in [0.2, 0.25) is 0 Å². The monoisotopic (exact) mass is 228 g/mol. The van der Waals surface area contributed by atoms with Crippen molar-refractivity contribution >= 4 is 5.91 Å². The van der Waals surface area contributed by atoms with Crippen LogP contribution in [-0.4, -0.2) is 38.5 Å². The van der Waals surface area contributed by atoms with Crippen molar-refractivity contribution in [1.82, 2.24) is 10.6 Å². The predicted molar refractivity (Wildman–Crippen MR) is 48.2 cm³/mol. The number of carbonyl (C=O) groups is 1. The fourth-order valence-corrected chi connectivity index (χ4v) is 0.768. The quantitative estimate of drug-likeness (QED) is 0.629. The number of ether oxygens (including phenoxy) is 1. The number of rotatable bonds is 7. The average molecular weight is 228 g/mol. The Balaban J connectivity index is 3.27. The van der Waals surface area contributed by atoms with E-state index in [4.69, 9.17) is 0 Å². The number of nitrogens with one attached hydrogen (secondary N) is 2. The lowest BCUT2D eigenvalue weighted by molar-refractivity contribution is -0.323. The zero-order chi connectivity index (χ0) is 11.7. The molecule has 90 valence electrons.